The van der Waals surface area contributed by atoms with Crippen LogP contribution in [0.3, 0.4) is 0 Å². The van der Waals surface area contributed by atoms with Crippen molar-refractivity contribution in [2.75, 3.05) is 5.43 Å². The summed E-state index contributed by atoms with van der Waals surface area (Å²) in [6.45, 7) is 3.89. The summed E-state index contributed by atoms with van der Waals surface area (Å²) in [6, 6.07) is 11.8. The van der Waals surface area contributed by atoms with Gasteiger partial charge in [0.15, 0.2) is 0 Å². The van der Waals surface area contributed by atoms with Gasteiger partial charge in [-0.25, -0.2) is 14.3 Å². The van der Waals surface area contributed by atoms with Gasteiger partial charge in [0, 0.05) is 18.2 Å². The van der Waals surface area contributed by atoms with Gasteiger partial charge >= 0.3 is 5.91 Å². The summed E-state index contributed by atoms with van der Waals surface area (Å²) in [5, 5.41) is 4.78. The van der Waals surface area contributed by atoms with E-state index >= 15 is 0 Å². The lowest BCUT2D eigenvalue weighted by atomic mass is 10.2. The number of carbonyl (C=O) groups is 1. The quantitative estimate of drug-likeness (QED) is 0.778. The SMILES string of the molecule is CC(C)c1nc(C(=O)Nn2ccccc2=O)nn1-c1ccccc1Cl. The summed E-state index contributed by atoms with van der Waals surface area (Å²) in [6.07, 6.45) is 1.45. The highest BCUT2D eigenvalue weighted by Gasteiger charge is 2.20. The molecule has 0 aliphatic carbocycles. The maximum atomic E-state index is 12.4. The molecule has 0 aliphatic rings. The van der Waals surface area contributed by atoms with E-state index in [4.69, 9.17) is 11.6 Å². The van der Waals surface area contributed by atoms with Crippen LogP contribution in [0.4, 0.5) is 0 Å². The van der Waals surface area contributed by atoms with E-state index < -0.39 is 5.91 Å². The zero-order valence-electron chi connectivity index (χ0n) is 13.7. The highest BCUT2D eigenvalue weighted by Crippen LogP contribution is 2.23. The smallest absolute Gasteiger partial charge is 0.268 e. The molecule has 3 aromatic rings. The largest absolute Gasteiger partial charge is 0.309 e. The molecule has 0 bridgehead atoms. The Morgan fingerprint density at radius 2 is 1.88 bits per heavy atom. The van der Waals surface area contributed by atoms with Crippen molar-refractivity contribution < 1.29 is 4.79 Å². The van der Waals surface area contributed by atoms with E-state index in [2.05, 4.69) is 15.5 Å². The Kier molecular flexibility index (Phi) is 4.67. The van der Waals surface area contributed by atoms with Crippen LogP contribution >= 0.6 is 11.6 Å². The van der Waals surface area contributed by atoms with E-state index in [9.17, 15) is 9.59 Å². The fourth-order valence-electron chi connectivity index (χ4n) is 2.27. The molecule has 3 rings (SSSR count). The number of rotatable bonds is 4. The second-order valence-electron chi connectivity index (χ2n) is 5.66. The van der Waals surface area contributed by atoms with Gasteiger partial charge in [-0.15, -0.1) is 5.10 Å². The van der Waals surface area contributed by atoms with Gasteiger partial charge in [-0.1, -0.05) is 43.6 Å². The topological polar surface area (TPSA) is 81.8 Å². The van der Waals surface area contributed by atoms with Crippen molar-refractivity contribution in [1.29, 1.82) is 0 Å². The fraction of sp³-hybridized carbons (Fsp3) is 0.176. The Balaban J connectivity index is 2.00. The van der Waals surface area contributed by atoms with Crippen molar-refractivity contribution in [2.45, 2.75) is 19.8 Å². The Labute approximate surface area is 148 Å². The van der Waals surface area contributed by atoms with E-state index in [1.54, 1.807) is 28.9 Å². The lowest BCUT2D eigenvalue weighted by Crippen LogP contribution is -2.32. The van der Waals surface area contributed by atoms with Crippen molar-refractivity contribution in [3.05, 3.63) is 75.7 Å². The number of para-hydroxylation sites is 1. The van der Waals surface area contributed by atoms with Crippen LogP contribution in [0.2, 0.25) is 5.02 Å². The molecular weight excluding hydrogens is 342 g/mol. The maximum Gasteiger partial charge on any atom is 0.309 e. The van der Waals surface area contributed by atoms with Gasteiger partial charge in [0.05, 0.1) is 10.7 Å². The molecule has 8 heteroatoms. The first kappa shape index (κ1) is 16.9. The molecule has 0 aliphatic heterocycles. The Bertz CT molecular complexity index is 977. The van der Waals surface area contributed by atoms with Gasteiger partial charge in [0.1, 0.15) is 5.82 Å². The predicted molar refractivity (Wildman–Crippen MR) is 94.9 cm³/mol. The molecule has 7 nitrogen and oxygen atoms in total. The molecule has 0 saturated carbocycles. The van der Waals surface area contributed by atoms with Crippen LogP contribution in [-0.2, 0) is 0 Å². The third-order valence-corrected chi connectivity index (χ3v) is 3.80. The molecule has 128 valence electrons. The second-order valence-corrected chi connectivity index (χ2v) is 6.07. The molecule has 0 spiro atoms. The Morgan fingerprint density at radius 1 is 1.16 bits per heavy atom. The van der Waals surface area contributed by atoms with E-state index in [1.165, 1.54) is 12.3 Å². The number of aromatic nitrogens is 4. The molecular formula is C17H16ClN5O2. The van der Waals surface area contributed by atoms with Gasteiger partial charge in [0.2, 0.25) is 5.82 Å². The third-order valence-electron chi connectivity index (χ3n) is 3.48. The average Bonchev–Trinajstić information content (AvgIpc) is 3.03. The van der Waals surface area contributed by atoms with Crippen molar-refractivity contribution in [3.8, 4) is 5.69 Å². The van der Waals surface area contributed by atoms with Crippen LogP contribution in [0.15, 0.2) is 53.5 Å². The Hall–Kier alpha value is -2.93. The zero-order chi connectivity index (χ0) is 18.0. The minimum atomic E-state index is -0.582. The lowest BCUT2D eigenvalue weighted by molar-refractivity contribution is 0.0997. The molecule has 1 aromatic carbocycles. The number of nitrogens with zero attached hydrogens (tertiary/aromatic N) is 4. The number of halogens is 1. The predicted octanol–water partition coefficient (Wildman–Crippen LogP) is 2.59. The van der Waals surface area contributed by atoms with Gasteiger partial charge in [-0.3, -0.25) is 15.0 Å². The number of hydrogen-bond donors (Lipinski definition) is 1. The number of carbonyl (C=O) groups excluding carboxylic acids is 1. The van der Waals surface area contributed by atoms with Crippen molar-refractivity contribution in [3.63, 3.8) is 0 Å². The van der Waals surface area contributed by atoms with E-state index in [0.717, 1.165) is 4.68 Å². The van der Waals surface area contributed by atoms with Crippen LogP contribution in [-0.4, -0.2) is 25.3 Å². The van der Waals surface area contributed by atoms with Gasteiger partial charge in [-0.2, -0.15) is 0 Å². The van der Waals surface area contributed by atoms with E-state index in [-0.39, 0.29) is 17.3 Å². The van der Waals surface area contributed by atoms with Crippen molar-refractivity contribution in [1.82, 2.24) is 19.4 Å². The minimum absolute atomic E-state index is 0.0183. The molecule has 1 N–H and O–H groups in total. The Morgan fingerprint density at radius 3 is 2.56 bits per heavy atom. The molecule has 1 amide bonds. The van der Waals surface area contributed by atoms with Crippen molar-refractivity contribution >= 4 is 17.5 Å². The molecule has 25 heavy (non-hydrogen) atoms. The van der Waals surface area contributed by atoms with Gasteiger partial charge < -0.3 is 0 Å². The first-order chi connectivity index (χ1) is 12.0. The van der Waals surface area contributed by atoms with E-state index in [1.807, 2.05) is 26.0 Å². The molecule has 0 atom stereocenters. The first-order valence-electron chi connectivity index (χ1n) is 7.68. The number of nitrogens with one attached hydrogen (secondary N) is 1. The van der Waals surface area contributed by atoms with Crippen LogP contribution in [0.25, 0.3) is 5.69 Å². The highest BCUT2D eigenvalue weighted by molar-refractivity contribution is 6.32. The summed E-state index contributed by atoms with van der Waals surface area (Å²) in [5.41, 5.74) is 2.75. The number of hydrogen-bond acceptors (Lipinski definition) is 4. The van der Waals surface area contributed by atoms with Crippen LogP contribution in [0.1, 0.15) is 36.2 Å². The molecule has 2 heterocycles. The normalized spacial score (nSPS) is 10.9. The standard InChI is InChI=1S/C17H16ClN5O2/c1-11(2)16-19-15(17(25)21-22-10-6-5-9-14(22)24)20-23(16)13-8-4-3-7-12(13)18/h3-11H,1-2H3,(H,21,25). The van der Waals surface area contributed by atoms with Crippen LogP contribution in [0, 0.1) is 0 Å². The molecule has 0 saturated heterocycles. The number of amides is 1. The maximum absolute atomic E-state index is 12.4. The zero-order valence-corrected chi connectivity index (χ0v) is 14.4. The summed E-state index contributed by atoms with van der Waals surface area (Å²) < 4.78 is 2.63. The molecule has 0 fully saturated rings. The lowest BCUT2D eigenvalue weighted by Gasteiger charge is -2.09. The summed E-state index contributed by atoms with van der Waals surface area (Å²) in [4.78, 5) is 28.5. The monoisotopic (exact) mass is 357 g/mol. The van der Waals surface area contributed by atoms with Crippen LogP contribution in [0.5, 0.6) is 0 Å². The van der Waals surface area contributed by atoms with Gasteiger partial charge in [-0.05, 0) is 18.2 Å². The average molecular weight is 358 g/mol. The van der Waals surface area contributed by atoms with Crippen LogP contribution < -0.4 is 11.0 Å². The molecule has 0 radical (unpaired) electrons. The summed E-state index contributed by atoms with van der Waals surface area (Å²) in [7, 11) is 0. The van der Waals surface area contributed by atoms with E-state index in [0.29, 0.717) is 16.5 Å². The first-order valence-corrected chi connectivity index (χ1v) is 8.06. The molecule has 0 unspecified atom stereocenters. The van der Waals surface area contributed by atoms with Gasteiger partial charge in [0.25, 0.3) is 5.56 Å². The second kappa shape index (κ2) is 6.90. The fourth-order valence-corrected chi connectivity index (χ4v) is 2.49. The highest BCUT2D eigenvalue weighted by atomic mass is 35.5. The number of benzene rings is 1. The van der Waals surface area contributed by atoms with Crippen molar-refractivity contribution in [2.24, 2.45) is 0 Å². The third kappa shape index (κ3) is 3.46. The minimum Gasteiger partial charge on any atom is -0.268 e. The summed E-state index contributed by atoms with van der Waals surface area (Å²) >= 11 is 6.24. The molecule has 2 aromatic heterocycles. The summed E-state index contributed by atoms with van der Waals surface area (Å²) in [5.74, 6) is -0.0104. The number of pyridine rings is 1.